The van der Waals surface area contributed by atoms with Crippen molar-refractivity contribution in [1.82, 2.24) is 4.98 Å². The van der Waals surface area contributed by atoms with Crippen molar-refractivity contribution in [3.63, 3.8) is 0 Å². The summed E-state index contributed by atoms with van der Waals surface area (Å²) < 4.78 is 0. The van der Waals surface area contributed by atoms with Crippen LogP contribution in [0, 0.1) is 5.41 Å². The highest BCUT2D eigenvalue weighted by Gasteiger charge is 2.07. The Morgan fingerprint density at radius 3 is 2.78 bits per heavy atom. The lowest BCUT2D eigenvalue weighted by Crippen LogP contribution is -2.17. The zero-order valence-corrected chi connectivity index (χ0v) is 12.7. The fourth-order valence-corrected chi connectivity index (χ4v) is 2.41. The van der Waals surface area contributed by atoms with Gasteiger partial charge in [-0.05, 0) is 31.0 Å². The summed E-state index contributed by atoms with van der Waals surface area (Å²) in [6.07, 6.45) is 9.83. The van der Waals surface area contributed by atoms with Gasteiger partial charge in [-0.25, -0.2) is 4.99 Å². The Bertz CT molecular complexity index is 801. The molecule has 1 aromatic heterocycles. The summed E-state index contributed by atoms with van der Waals surface area (Å²) in [5, 5.41) is 8.20. The van der Waals surface area contributed by atoms with E-state index < -0.39 is 0 Å². The number of nitrogens with two attached hydrogens (primary N) is 1. The molecule has 1 aliphatic rings. The molecule has 23 heavy (non-hydrogen) atoms. The van der Waals surface area contributed by atoms with E-state index in [-0.39, 0.29) is 5.84 Å². The molecule has 0 atom stereocenters. The van der Waals surface area contributed by atoms with Gasteiger partial charge in [-0.2, -0.15) is 0 Å². The van der Waals surface area contributed by atoms with Gasteiger partial charge in [0.1, 0.15) is 5.84 Å². The molecule has 0 amide bonds. The molecule has 1 aromatic carbocycles. The zero-order chi connectivity index (χ0) is 16.1. The summed E-state index contributed by atoms with van der Waals surface area (Å²) in [5.41, 5.74) is 9.45. The summed E-state index contributed by atoms with van der Waals surface area (Å²) in [6.45, 7) is 0. The van der Waals surface area contributed by atoms with Crippen molar-refractivity contribution in [2.24, 2.45) is 10.7 Å². The van der Waals surface area contributed by atoms with Gasteiger partial charge in [0.2, 0.25) is 0 Å². The molecular formula is C19H18N4. The van der Waals surface area contributed by atoms with E-state index in [1.807, 2.05) is 48.5 Å². The van der Waals surface area contributed by atoms with Crippen LogP contribution in [0.25, 0.3) is 11.3 Å². The Morgan fingerprint density at radius 1 is 1.13 bits per heavy atom. The van der Waals surface area contributed by atoms with E-state index >= 15 is 0 Å². The van der Waals surface area contributed by atoms with Gasteiger partial charge in [0.05, 0.1) is 5.69 Å². The number of aromatic nitrogens is 1. The second-order valence-electron chi connectivity index (χ2n) is 5.28. The predicted octanol–water partition coefficient (Wildman–Crippen LogP) is 3.71. The van der Waals surface area contributed by atoms with Crippen LogP contribution in [0.4, 0.5) is 0 Å². The van der Waals surface area contributed by atoms with Gasteiger partial charge in [-0.15, -0.1) is 0 Å². The third kappa shape index (κ3) is 3.61. The van der Waals surface area contributed by atoms with Crippen molar-refractivity contribution in [3.05, 3.63) is 78.0 Å². The molecule has 1 aliphatic carbocycles. The predicted molar refractivity (Wildman–Crippen MR) is 94.6 cm³/mol. The first kappa shape index (κ1) is 14.9. The van der Waals surface area contributed by atoms with Gasteiger partial charge in [0.25, 0.3) is 0 Å². The summed E-state index contributed by atoms with van der Waals surface area (Å²) in [7, 11) is 0. The van der Waals surface area contributed by atoms with E-state index in [0.717, 1.165) is 35.2 Å². The molecule has 0 radical (unpaired) electrons. The molecule has 4 heteroatoms. The van der Waals surface area contributed by atoms with Gasteiger partial charge in [0, 0.05) is 22.9 Å². The van der Waals surface area contributed by atoms with Crippen LogP contribution >= 0.6 is 0 Å². The number of amidine groups is 2. The highest BCUT2D eigenvalue weighted by Crippen LogP contribution is 2.18. The standard InChI is InChI=1S/C19H18N4/c20-18(14-7-2-1-3-8-14)23-19(21)16-10-6-9-15(13-16)17-11-4-5-12-22-17/h2,4-13H,1,3H2,(H3,20,21,23). The third-order valence-corrected chi connectivity index (χ3v) is 3.62. The quantitative estimate of drug-likeness (QED) is 0.670. The number of aliphatic imine (C=N–C) groups is 1. The van der Waals surface area contributed by atoms with E-state index in [2.05, 4.69) is 22.1 Å². The molecule has 0 fully saturated rings. The molecule has 0 unspecified atom stereocenters. The van der Waals surface area contributed by atoms with Gasteiger partial charge in [0.15, 0.2) is 5.84 Å². The first-order valence-corrected chi connectivity index (χ1v) is 7.55. The van der Waals surface area contributed by atoms with E-state index in [1.165, 1.54) is 0 Å². The molecular weight excluding hydrogens is 284 g/mol. The van der Waals surface area contributed by atoms with Crippen LogP contribution in [-0.4, -0.2) is 16.7 Å². The lowest BCUT2D eigenvalue weighted by molar-refractivity contribution is 1.03. The van der Waals surface area contributed by atoms with E-state index in [1.54, 1.807) is 6.20 Å². The summed E-state index contributed by atoms with van der Waals surface area (Å²) >= 11 is 0. The largest absolute Gasteiger partial charge is 0.383 e. The molecule has 0 saturated heterocycles. The molecule has 3 rings (SSSR count). The van der Waals surface area contributed by atoms with Crippen LogP contribution in [0.15, 0.2) is 77.5 Å². The fourth-order valence-electron chi connectivity index (χ4n) is 2.41. The Balaban J connectivity index is 1.86. The smallest absolute Gasteiger partial charge is 0.154 e. The Morgan fingerprint density at radius 2 is 2.04 bits per heavy atom. The van der Waals surface area contributed by atoms with Gasteiger partial charge >= 0.3 is 0 Å². The summed E-state index contributed by atoms with van der Waals surface area (Å²) in [5.74, 6) is 0.536. The molecule has 4 nitrogen and oxygen atoms in total. The number of nitrogens with zero attached hydrogens (tertiary/aromatic N) is 2. The van der Waals surface area contributed by atoms with Gasteiger partial charge < -0.3 is 5.73 Å². The Hall–Kier alpha value is -3.01. The minimum absolute atomic E-state index is 0.153. The van der Waals surface area contributed by atoms with Crippen molar-refractivity contribution in [3.8, 4) is 11.3 Å². The molecule has 0 spiro atoms. The van der Waals surface area contributed by atoms with Gasteiger partial charge in [-0.3, -0.25) is 10.4 Å². The lowest BCUT2D eigenvalue weighted by atomic mass is 10.1. The average molecular weight is 302 g/mol. The summed E-state index contributed by atoms with van der Waals surface area (Å²) in [4.78, 5) is 8.58. The molecule has 114 valence electrons. The van der Waals surface area contributed by atoms with Crippen LogP contribution in [0.1, 0.15) is 18.4 Å². The van der Waals surface area contributed by atoms with E-state index in [4.69, 9.17) is 11.1 Å². The Kier molecular flexibility index (Phi) is 4.43. The lowest BCUT2D eigenvalue weighted by Gasteiger charge is -2.07. The Labute approximate surface area is 135 Å². The first-order valence-electron chi connectivity index (χ1n) is 7.55. The van der Waals surface area contributed by atoms with Crippen LogP contribution in [0.2, 0.25) is 0 Å². The number of hydrogen-bond acceptors (Lipinski definition) is 2. The maximum absolute atomic E-state index is 8.20. The normalized spacial score (nSPS) is 14.4. The van der Waals surface area contributed by atoms with Crippen LogP contribution in [-0.2, 0) is 0 Å². The second kappa shape index (κ2) is 6.83. The number of nitrogens with one attached hydrogen (secondary N) is 1. The van der Waals surface area contributed by atoms with Gasteiger partial charge in [-0.1, -0.05) is 42.5 Å². The number of allylic oxidation sites excluding steroid dienone is 2. The second-order valence-corrected chi connectivity index (χ2v) is 5.28. The van der Waals surface area contributed by atoms with Crippen molar-refractivity contribution in [2.45, 2.75) is 12.8 Å². The minimum atomic E-state index is 0.153. The monoisotopic (exact) mass is 302 g/mol. The topological polar surface area (TPSA) is 75.1 Å². The van der Waals surface area contributed by atoms with Crippen molar-refractivity contribution in [2.75, 3.05) is 0 Å². The SMILES string of the molecule is N=C(N=C(N)C1=CCCC=C1)c1cccc(-c2ccccn2)c1. The van der Waals surface area contributed by atoms with Crippen LogP contribution < -0.4 is 5.73 Å². The number of hydrogen-bond donors (Lipinski definition) is 2. The molecule has 3 N–H and O–H groups in total. The van der Waals surface area contributed by atoms with Crippen molar-refractivity contribution < 1.29 is 0 Å². The average Bonchev–Trinajstić information content (AvgIpc) is 2.63. The van der Waals surface area contributed by atoms with E-state index in [9.17, 15) is 0 Å². The highest BCUT2D eigenvalue weighted by molar-refractivity contribution is 6.10. The molecule has 0 saturated carbocycles. The third-order valence-electron chi connectivity index (χ3n) is 3.62. The minimum Gasteiger partial charge on any atom is -0.383 e. The highest BCUT2D eigenvalue weighted by atomic mass is 14.9. The molecule has 0 bridgehead atoms. The van der Waals surface area contributed by atoms with E-state index in [0.29, 0.717) is 5.84 Å². The number of benzene rings is 1. The molecule has 2 aromatic rings. The molecule has 0 aliphatic heterocycles. The van der Waals surface area contributed by atoms with Crippen LogP contribution in [0.3, 0.4) is 0 Å². The van der Waals surface area contributed by atoms with Crippen molar-refractivity contribution >= 4 is 11.7 Å². The maximum Gasteiger partial charge on any atom is 0.154 e. The number of pyridine rings is 1. The van der Waals surface area contributed by atoms with Crippen LogP contribution in [0.5, 0.6) is 0 Å². The first-order chi connectivity index (χ1) is 11.2. The fraction of sp³-hybridized carbons (Fsp3) is 0.105. The maximum atomic E-state index is 8.20. The number of rotatable bonds is 3. The summed E-state index contributed by atoms with van der Waals surface area (Å²) in [6, 6.07) is 13.4. The van der Waals surface area contributed by atoms with Crippen molar-refractivity contribution in [1.29, 1.82) is 5.41 Å². The molecule has 1 heterocycles. The zero-order valence-electron chi connectivity index (χ0n) is 12.7.